The molecule has 14 heavy (non-hydrogen) atoms. The van der Waals surface area contributed by atoms with Crippen molar-refractivity contribution in [2.75, 3.05) is 6.54 Å². The highest BCUT2D eigenvalue weighted by Crippen LogP contribution is 2.34. The van der Waals surface area contributed by atoms with Crippen LogP contribution in [0.15, 0.2) is 12.2 Å². The summed E-state index contributed by atoms with van der Waals surface area (Å²) in [6.07, 6.45) is 5.39. The van der Waals surface area contributed by atoms with E-state index in [2.05, 4.69) is 32.7 Å². The largest absolute Gasteiger partial charge is 0.310 e. The van der Waals surface area contributed by atoms with Crippen LogP contribution in [0.5, 0.6) is 0 Å². The third-order valence-electron chi connectivity index (χ3n) is 3.35. The summed E-state index contributed by atoms with van der Waals surface area (Å²) >= 11 is 0. The molecule has 0 aliphatic heterocycles. The molecule has 1 aliphatic carbocycles. The molecule has 0 spiro atoms. The van der Waals surface area contributed by atoms with Gasteiger partial charge in [0.05, 0.1) is 0 Å². The molecule has 1 saturated carbocycles. The molecular weight excluding hydrogens is 170 g/mol. The van der Waals surface area contributed by atoms with Gasteiger partial charge >= 0.3 is 0 Å². The standard InChI is InChI=1S/C13H25N/c1-5-8-14-13(10(2)3)12-7-6-11(4)9-12/h11-14H,2,5-9H2,1,3-4H3. The molecule has 1 nitrogen and oxygen atoms in total. The van der Waals surface area contributed by atoms with E-state index in [1.165, 1.54) is 31.3 Å². The van der Waals surface area contributed by atoms with Crippen molar-refractivity contribution in [1.82, 2.24) is 5.32 Å². The molecule has 1 rings (SSSR count). The van der Waals surface area contributed by atoms with E-state index in [0.29, 0.717) is 6.04 Å². The molecule has 0 aromatic heterocycles. The first kappa shape index (κ1) is 11.8. The first-order valence-electron chi connectivity index (χ1n) is 6.04. The Morgan fingerprint density at radius 3 is 2.64 bits per heavy atom. The van der Waals surface area contributed by atoms with Gasteiger partial charge in [0.2, 0.25) is 0 Å². The Labute approximate surface area is 89.0 Å². The maximum Gasteiger partial charge on any atom is 0.0302 e. The zero-order valence-electron chi connectivity index (χ0n) is 9.97. The normalized spacial score (nSPS) is 29.1. The van der Waals surface area contributed by atoms with Crippen LogP contribution in [0.4, 0.5) is 0 Å². The number of hydrogen-bond acceptors (Lipinski definition) is 1. The first-order valence-corrected chi connectivity index (χ1v) is 6.04. The predicted molar refractivity (Wildman–Crippen MR) is 63.4 cm³/mol. The van der Waals surface area contributed by atoms with Gasteiger partial charge in [0.1, 0.15) is 0 Å². The summed E-state index contributed by atoms with van der Waals surface area (Å²) < 4.78 is 0. The van der Waals surface area contributed by atoms with Crippen LogP contribution in [0, 0.1) is 11.8 Å². The van der Waals surface area contributed by atoms with Crippen molar-refractivity contribution < 1.29 is 0 Å². The van der Waals surface area contributed by atoms with Crippen LogP contribution in [0.25, 0.3) is 0 Å². The number of hydrogen-bond donors (Lipinski definition) is 1. The van der Waals surface area contributed by atoms with E-state index in [1.54, 1.807) is 0 Å². The van der Waals surface area contributed by atoms with Gasteiger partial charge in [-0.25, -0.2) is 0 Å². The monoisotopic (exact) mass is 195 g/mol. The van der Waals surface area contributed by atoms with Gasteiger partial charge in [0, 0.05) is 6.04 Å². The molecule has 1 fully saturated rings. The quantitative estimate of drug-likeness (QED) is 0.663. The fourth-order valence-electron chi connectivity index (χ4n) is 2.60. The third-order valence-corrected chi connectivity index (χ3v) is 3.35. The second-order valence-corrected chi connectivity index (χ2v) is 4.96. The van der Waals surface area contributed by atoms with Crippen molar-refractivity contribution in [3.05, 3.63) is 12.2 Å². The topological polar surface area (TPSA) is 12.0 Å². The van der Waals surface area contributed by atoms with Crippen LogP contribution in [-0.2, 0) is 0 Å². The maximum atomic E-state index is 4.12. The van der Waals surface area contributed by atoms with Gasteiger partial charge in [-0.15, -0.1) is 0 Å². The molecule has 3 unspecified atom stereocenters. The van der Waals surface area contributed by atoms with Crippen LogP contribution >= 0.6 is 0 Å². The van der Waals surface area contributed by atoms with E-state index >= 15 is 0 Å². The Morgan fingerprint density at radius 2 is 2.21 bits per heavy atom. The predicted octanol–water partition coefficient (Wildman–Crippen LogP) is 3.37. The van der Waals surface area contributed by atoms with E-state index in [-0.39, 0.29) is 0 Å². The van der Waals surface area contributed by atoms with Gasteiger partial charge < -0.3 is 5.32 Å². The Kier molecular flexibility index (Phi) is 4.67. The minimum atomic E-state index is 0.569. The molecule has 0 aromatic carbocycles. The number of nitrogens with one attached hydrogen (secondary N) is 1. The van der Waals surface area contributed by atoms with Crippen molar-refractivity contribution in [2.45, 2.75) is 52.5 Å². The summed E-state index contributed by atoms with van der Waals surface area (Å²) in [6.45, 7) is 12.0. The average molecular weight is 195 g/mol. The van der Waals surface area contributed by atoms with Crippen LogP contribution in [-0.4, -0.2) is 12.6 Å². The second-order valence-electron chi connectivity index (χ2n) is 4.96. The van der Waals surface area contributed by atoms with E-state index < -0.39 is 0 Å². The van der Waals surface area contributed by atoms with Crippen LogP contribution in [0.3, 0.4) is 0 Å². The lowest BCUT2D eigenvalue weighted by Gasteiger charge is -2.25. The Morgan fingerprint density at radius 1 is 1.50 bits per heavy atom. The molecule has 1 heteroatoms. The van der Waals surface area contributed by atoms with Crippen LogP contribution in [0.1, 0.15) is 46.5 Å². The molecule has 0 aromatic rings. The van der Waals surface area contributed by atoms with Gasteiger partial charge in [0.25, 0.3) is 0 Å². The van der Waals surface area contributed by atoms with Gasteiger partial charge in [-0.3, -0.25) is 0 Å². The van der Waals surface area contributed by atoms with Crippen molar-refractivity contribution in [2.24, 2.45) is 11.8 Å². The fraction of sp³-hybridized carbons (Fsp3) is 0.846. The molecule has 0 amide bonds. The SMILES string of the molecule is C=C(C)C(NCCC)C1CCC(C)C1. The molecule has 82 valence electrons. The van der Waals surface area contributed by atoms with Gasteiger partial charge in [-0.05, 0) is 44.6 Å². The zero-order chi connectivity index (χ0) is 10.6. The molecule has 0 radical (unpaired) electrons. The fourth-order valence-corrected chi connectivity index (χ4v) is 2.60. The smallest absolute Gasteiger partial charge is 0.0302 e. The minimum Gasteiger partial charge on any atom is -0.310 e. The lowest BCUT2D eigenvalue weighted by molar-refractivity contribution is 0.389. The van der Waals surface area contributed by atoms with E-state index in [0.717, 1.165) is 18.4 Å². The van der Waals surface area contributed by atoms with Crippen LogP contribution < -0.4 is 5.32 Å². The summed E-state index contributed by atoms with van der Waals surface area (Å²) in [5, 5.41) is 3.63. The van der Waals surface area contributed by atoms with Crippen LogP contribution in [0.2, 0.25) is 0 Å². The van der Waals surface area contributed by atoms with Crippen molar-refractivity contribution in [1.29, 1.82) is 0 Å². The third kappa shape index (κ3) is 3.13. The van der Waals surface area contributed by atoms with Gasteiger partial charge in [-0.1, -0.05) is 32.4 Å². The Hall–Kier alpha value is -0.300. The highest BCUT2D eigenvalue weighted by atomic mass is 14.9. The summed E-state index contributed by atoms with van der Waals surface area (Å²) in [7, 11) is 0. The van der Waals surface area contributed by atoms with Crippen molar-refractivity contribution >= 4 is 0 Å². The molecule has 3 atom stereocenters. The van der Waals surface area contributed by atoms with E-state index in [1.807, 2.05) is 0 Å². The lowest BCUT2D eigenvalue weighted by atomic mass is 9.92. The van der Waals surface area contributed by atoms with E-state index in [4.69, 9.17) is 0 Å². The average Bonchev–Trinajstić information content (AvgIpc) is 2.52. The molecule has 0 bridgehead atoms. The van der Waals surface area contributed by atoms with Crippen molar-refractivity contribution in [3.63, 3.8) is 0 Å². The summed E-state index contributed by atoms with van der Waals surface area (Å²) in [5.74, 6) is 1.76. The lowest BCUT2D eigenvalue weighted by Crippen LogP contribution is -2.36. The highest BCUT2D eigenvalue weighted by molar-refractivity contribution is 5.05. The van der Waals surface area contributed by atoms with E-state index in [9.17, 15) is 0 Å². The van der Waals surface area contributed by atoms with Gasteiger partial charge in [-0.2, -0.15) is 0 Å². The molecule has 1 N–H and O–H groups in total. The number of rotatable bonds is 5. The molecular formula is C13H25N. The van der Waals surface area contributed by atoms with Gasteiger partial charge in [0.15, 0.2) is 0 Å². The zero-order valence-corrected chi connectivity index (χ0v) is 9.97. The highest BCUT2D eigenvalue weighted by Gasteiger charge is 2.28. The summed E-state index contributed by atoms with van der Waals surface area (Å²) in [6, 6.07) is 0.569. The molecule has 0 saturated heterocycles. The second kappa shape index (κ2) is 5.55. The first-order chi connectivity index (χ1) is 6.65. The Balaban J connectivity index is 2.45. The summed E-state index contributed by atoms with van der Waals surface area (Å²) in [4.78, 5) is 0. The van der Waals surface area contributed by atoms with Crippen molar-refractivity contribution in [3.8, 4) is 0 Å². The maximum absolute atomic E-state index is 4.12. The Bertz CT molecular complexity index is 186. The minimum absolute atomic E-state index is 0.569. The summed E-state index contributed by atoms with van der Waals surface area (Å²) in [5.41, 5.74) is 1.32. The molecule has 1 aliphatic rings. The molecule has 0 heterocycles.